The number of nitrogens with zero attached hydrogens (tertiary/aromatic N) is 3. The van der Waals surface area contributed by atoms with Crippen molar-refractivity contribution in [1.82, 2.24) is 9.55 Å². The predicted octanol–water partition coefficient (Wildman–Crippen LogP) is 3.99. The molecule has 2 aromatic carbocycles. The highest BCUT2D eigenvalue weighted by Gasteiger charge is 2.03. The van der Waals surface area contributed by atoms with Crippen molar-refractivity contribution < 1.29 is 4.79 Å². The summed E-state index contributed by atoms with van der Waals surface area (Å²) < 4.78 is 4.16. The summed E-state index contributed by atoms with van der Waals surface area (Å²) in [6.07, 6.45) is 3.20. The summed E-state index contributed by atoms with van der Waals surface area (Å²) in [5.41, 5.74) is 2.02. The molecule has 0 aliphatic carbocycles. The largest absolute Gasteiger partial charge is 0.319 e. The Balaban J connectivity index is 1.64. The molecular formula is C18H13N3OS2. The first-order valence-corrected chi connectivity index (χ1v) is 9.01. The molecule has 6 heteroatoms. The number of amides is 1. The molecule has 24 heavy (non-hydrogen) atoms. The Hall–Kier alpha value is -2.57. The van der Waals surface area contributed by atoms with Gasteiger partial charge in [0.25, 0.3) is 5.91 Å². The van der Waals surface area contributed by atoms with Crippen LogP contribution in [0.15, 0.2) is 59.6 Å². The van der Waals surface area contributed by atoms with Gasteiger partial charge in [0.05, 0.1) is 20.4 Å². The molecule has 0 aliphatic rings. The number of fused-ring (bicyclic) bond motifs is 2. The Morgan fingerprint density at radius 2 is 1.83 bits per heavy atom. The lowest BCUT2D eigenvalue weighted by molar-refractivity contribution is -0.113. The molecule has 0 radical (unpaired) electrons. The van der Waals surface area contributed by atoms with Gasteiger partial charge in [-0.2, -0.15) is 4.99 Å². The highest BCUT2D eigenvalue weighted by Crippen LogP contribution is 2.22. The van der Waals surface area contributed by atoms with Crippen molar-refractivity contribution in [3.8, 4) is 0 Å². The topological polar surface area (TPSA) is 47.2 Å². The van der Waals surface area contributed by atoms with Crippen molar-refractivity contribution in [1.29, 1.82) is 0 Å². The summed E-state index contributed by atoms with van der Waals surface area (Å²) in [6, 6.07) is 15.9. The summed E-state index contributed by atoms with van der Waals surface area (Å²) in [6.45, 7) is 0. The molecule has 2 heterocycles. The quantitative estimate of drug-likeness (QED) is 0.513. The van der Waals surface area contributed by atoms with Crippen LogP contribution in [-0.2, 0) is 11.8 Å². The SMILES string of the molecule is Cn1c(=NC(=O)/C=C/c2nc3ccccc3s2)sc2ccccc21. The van der Waals surface area contributed by atoms with E-state index in [2.05, 4.69) is 9.98 Å². The maximum absolute atomic E-state index is 12.1. The van der Waals surface area contributed by atoms with Crippen LogP contribution in [0, 0.1) is 0 Å². The van der Waals surface area contributed by atoms with Crippen LogP contribution in [0.1, 0.15) is 5.01 Å². The monoisotopic (exact) mass is 351 g/mol. The van der Waals surface area contributed by atoms with E-state index in [1.807, 2.05) is 60.1 Å². The molecular weight excluding hydrogens is 338 g/mol. The molecule has 4 rings (SSSR count). The lowest BCUT2D eigenvalue weighted by Crippen LogP contribution is -2.12. The van der Waals surface area contributed by atoms with Gasteiger partial charge in [0.15, 0.2) is 4.80 Å². The first kappa shape index (κ1) is 15.0. The maximum atomic E-state index is 12.1. The van der Waals surface area contributed by atoms with Gasteiger partial charge in [0.1, 0.15) is 5.01 Å². The minimum Gasteiger partial charge on any atom is -0.319 e. The zero-order chi connectivity index (χ0) is 16.5. The van der Waals surface area contributed by atoms with Gasteiger partial charge in [-0.25, -0.2) is 4.98 Å². The summed E-state index contributed by atoms with van der Waals surface area (Å²) in [4.78, 5) is 21.5. The lowest BCUT2D eigenvalue weighted by Gasteiger charge is -1.92. The third-order valence-corrected chi connectivity index (χ3v) is 5.71. The number of para-hydroxylation sites is 2. The van der Waals surface area contributed by atoms with Crippen LogP contribution in [0.25, 0.3) is 26.5 Å². The molecule has 0 spiro atoms. The molecule has 0 N–H and O–H groups in total. The third kappa shape index (κ3) is 2.81. The van der Waals surface area contributed by atoms with Gasteiger partial charge in [0, 0.05) is 13.1 Å². The van der Waals surface area contributed by atoms with Crippen molar-refractivity contribution in [2.24, 2.45) is 12.0 Å². The van der Waals surface area contributed by atoms with Gasteiger partial charge < -0.3 is 4.57 Å². The molecule has 0 unspecified atom stereocenters. The molecule has 0 fully saturated rings. The van der Waals surface area contributed by atoms with E-state index in [0.717, 1.165) is 25.4 Å². The molecule has 0 saturated heterocycles. The molecule has 4 aromatic rings. The molecule has 4 nitrogen and oxygen atoms in total. The molecule has 2 aromatic heterocycles. The van der Waals surface area contributed by atoms with E-state index in [-0.39, 0.29) is 5.91 Å². The number of aryl methyl sites for hydroxylation is 1. The number of thiazole rings is 2. The molecule has 1 amide bonds. The smallest absolute Gasteiger partial charge is 0.272 e. The molecule has 0 bridgehead atoms. The Morgan fingerprint density at radius 1 is 1.08 bits per heavy atom. The number of hydrogen-bond acceptors (Lipinski definition) is 4. The minimum absolute atomic E-state index is 0.281. The van der Waals surface area contributed by atoms with Crippen molar-refractivity contribution in [2.45, 2.75) is 0 Å². The van der Waals surface area contributed by atoms with Gasteiger partial charge >= 0.3 is 0 Å². The molecule has 118 valence electrons. The first-order valence-electron chi connectivity index (χ1n) is 7.37. The van der Waals surface area contributed by atoms with Gasteiger partial charge in [-0.15, -0.1) is 11.3 Å². The van der Waals surface area contributed by atoms with E-state index in [1.165, 1.54) is 17.4 Å². The number of benzene rings is 2. The van der Waals surface area contributed by atoms with Gasteiger partial charge in [-0.3, -0.25) is 4.79 Å². The lowest BCUT2D eigenvalue weighted by atomic mass is 10.3. The fraction of sp³-hybridized carbons (Fsp3) is 0.0556. The van der Waals surface area contributed by atoms with Crippen LogP contribution in [0.2, 0.25) is 0 Å². The van der Waals surface area contributed by atoms with Crippen molar-refractivity contribution in [2.75, 3.05) is 0 Å². The zero-order valence-corrected chi connectivity index (χ0v) is 14.5. The average molecular weight is 351 g/mol. The number of carbonyl (C=O) groups is 1. The fourth-order valence-corrected chi connectivity index (χ4v) is 4.32. The van der Waals surface area contributed by atoms with Crippen LogP contribution in [0.5, 0.6) is 0 Å². The Bertz CT molecular complexity index is 1110. The van der Waals surface area contributed by atoms with Crippen molar-refractivity contribution in [3.05, 3.63) is 64.4 Å². The Labute approximate surface area is 146 Å². The van der Waals surface area contributed by atoms with Crippen LogP contribution in [0.3, 0.4) is 0 Å². The normalized spacial score (nSPS) is 12.6. The van der Waals surface area contributed by atoms with Gasteiger partial charge in [0.2, 0.25) is 0 Å². The maximum Gasteiger partial charge on any atom is 0.272 e. The Kier molecular flexibility index (Phi) is 3.84. The zero-order valence-electron chi connectivity index (χ0n) is 12.8. The second-order valence-corrected chi connectivity index (χ2v) is 7.29. The van der Waals surface area contributed by atoms with Crippen LogP contribution < -0.4 is 4.80 Å². The van der Waals surface area contributed by atoms with E-state index in [1.54, 1.807) is 17.4 Å². The molecule has 0 aliphatic heterocycles. The summed E-state index contributed by atoms with van der Waals surface area (Å²) >= 11 is 3.06. The molecule has 0 saturated carbocycles. The van der Waals surface area contributed by atoms with Crippen LogP contribution >= 0.6 is 22.7 Å². The van der Waals surface area contributed by atoms with Gasteiger partial charge in [-0.05, 0) is 30.3 Å². The standard InChI is InChI=1S/C18H13N3OS2/c1-21-13-7-3-5-9-15(13)24-18(21)20-16(22)10-11-17-19-12-6-2-4-8-14(12)23-17/h2-11H,1H3/b11-10+,20-18?. The average Bonchev–Trinajstić information content (AvgIpc) is 3.15. The number of hydrogen-bond donors (Lipinski definition) is 0. The van der Waals surface area contributed by atoms with Crippen LogP contribution in [-0.4, -0.2) is 15.5 Å². The summed E-state index contributed by atoms with van der Waals surface area (Å²) in [7, 11) is 1.92. The summed E-state index contributed by atoms with van der Waals surface area (Å²) in [5.74, 6) is -0.281. The van der Waals surface area contributed by atoms with Crippen molar-refractivity contribution in [3.63, 3.8) is 0 Å². The fourth-order valence-electron chi connectivity index (χ4n) is 2.42. The second kappa shape index (κ2) is 6.14. The number of rotatable bonds is 2. The number of carbonyl (C=O) groups excluding carboxylic acids is 1. The predicted molar refractivity (Wildman–Crippen MR) is 100 cm³/mol. The van der Waals surface area contributed by atoms with E-state index >= 15 is 0 Å². The van der Waals surface area contributed by atoms with E-state index in [4.69, 9.17) is 0 Å². The first-order chi connectivity index (χ1) is 11.7. The highest BCUT2D eigenvalue weighted by atomic mass is 32.1. The van der Waals surface area contributed by atoms with E-state index in [9.17, 15) is 4.79 Å². The number of aromatic nitrogens is 2. The van der Waals surface area contributed by atoms with Crippen molar-refractivity contribution >= 4 is 55.1 Å². The Morgan fingerprint density at radius 3 is 2.62 bits per heavy atom. The minimum atomic E-state index is -0.281. The third-order valence-electron chi connectivity index (χ3n) is 3.60. The molecule has 0 atom stereocenters. The summed E-state index contributed by atoms with van der Waals surface area (Å²) in [5, 5.41) is 0.806. The van der Waals surface area contributed by atoms with E-state index < -0.39 is 0 Å². The van der Waals surface area contributed by atoms with E-state index in [0.29, 0.717) is 4.80 Å². The highest BCUT2D eigenvalue weighted by molar-refractivity contribution is 7.19. The van der Waals surface area contributed by atoms with Crippen LogP contribution in [0.4, 0.5) is 0 Å². The second-order valence-electron chi connectivity index (χ2n) is 5.21. The van der Waals surface area contributed by atoms with Gasteiger partial charge in [-0.1, -0.05) is 35.6 Å².